The van der Waals surface area contributed by atoms with Gasteiger partial charge in [-0.15, -0.1) is 0 Å². The highest BCUT2D eigenvalue weighted by atomic mass is 32.2. The second-order valence-corrected chi connectivity index (χ2v) is 10.1. The van der Waals surface area contributed by atoms with E-state index < -0.39 is 16.0 Å². The molecule has 0 atom stereocenters. The summed E-state index contributed by atoms with van der Waals surface area (Å²) in [6, 6.07) is 16.9. The number of benzene rings is 2. The predicted molar refractivity (Wildman–Crippen MR) is 132 cm³/mol. The molecule has 0 bridgehead atoms. The maximum atomic E-state index is 13.5. The first-order chi connectivity index (χ1) is 17.4. The molecule has 184 valence electrons. The monoisotopic (exact) mass is 504 g/mol. The predicted octanol–water partition coefficient (Wildman–Crippen LogP) is 3.56. The molecule has 0 spiro atoms. The fourth-order valence-electron chi connectivity index (χ4n) is 4.44. The van der Waals surface area contributed by atoms with Crippen LogP contribution in [0, 0.1) is 5.82 Å². The smallest absolute Gasteiger partial charge is 0.283 e. The molecule has 10 heteroatoms. The minimum absolute atomic E-state index is 0.0130. The van der Waals surface area contributed by atoms with Crippen molar-refractivity contribution < 1.29 is 17.9 Å². The number of aromatic nitrogens is 3. The zero-order valence-electron chi connectivity index (χ0n) is 19.2. The SMILES string of the molecule is O=S(=O)(/N=C(\[O-])N1CCC(c2[nH]nc(-c3ccc(F)cc3)c2-c2ccncc2)CC1)c1ccccc1. The van der Waals surface area contributed by atoms with Crippen LogP contribution in [0.2, 0.25) is 0 Å². The van der Waals surface area contributed by atoms with E-state index in [-0.39, 0.29) is 16.6 Å². The molecule has 1 N–H and O–H groups in total. The number of nitrogens with one attached hydrogen (secondary N) is 1. The van der Waals surface area contributed by atoms with Crippen molar-refractivity contribution in [1.82, 2.24) is 20.1 Å². The number of likely N-dealkylation sites (tertiary alicyclic amines) is 1. The van der Waals surface area contributed by atoms with E-state index in [1.54, 1.807) is 42.7 Å². The molecule has 0 aliphatic carbocycles. The summed E-state index contributed by atoms with van der Waals surface area (Å²) in [5.41, 5.74) is 4.24. The fraction of sp³-hybridized carbons (Fsp3) is 0.192. The van der Waals surface area contributed by atoms with Gasteiger partial charge in [0.25, 0.3) is 10.0 Å². The summed E-state index contributed by atoms with van der Waals surface area (Å²) in [4.78, 5) is 5.55. The molecule has 0 radical (unpaired) electrons. The van der Waals surface area contributed by atoms with Gasteiger partial charge in [0.1, 0.15) is 11.5 Å². The van der Waals surface area contributed by atoms with Crippen LogP contribution in [-0.2, 0) is 10.0 Å². The number of piperidine rings is 1. The number of halogens is 1. The number of hydrogen-bond acceptors (Lipinski definition) is 5. The number of amidine groups is 1. The maximum absolute atomic E-state index is 13.5. The number of hydrogen-bond donors (Lipinski definition) is 1. The first-order valence-corrected chi connectivity index (χ1v) is 12.9. The number of sulfonamides is 1. The lowest BCUT2D eigenvalue weighted by Crippen LogP contribution is -2.45. The van der Waals surface area contributed by atoms with Crippen LogP contribution < -0.4 is 5.11 Å². The molecule has 1 saturated heterocycles. The Kier molecular flexibility index (Phi) is 6.51. The highest BCUT2D eigenvalue weighted by Crippen LogP contribution is 2.39. The number of pyridine rings is 1. The molecule has 3 heterocycles. The Morgan fingerprint density at radius 1 is 0.972 bits per heavy atom. The van der Waals surface area contributed by atoms with Gasteiger partial charge in [-0.2, -0.15) is 17.9 Å². The molecule has 5 rings (SSSR count). The fourth-order valence-corrected chi connectivity index (χ4v) is 5.37. The number of aromatic amines is 1. The maximum Gasteiger partial charge on any atom is 0.283 e. The third kappa shape index (κ3) is 4.85. The molecular weight excluding hydrogens is 481 g/mol. The molecule has 2 aromatic carbocycles. The standard InChI is InChI=1S/C26H24FN5O3S/c27-21-8-6-19(7-9-21)24-23(18-10-14-28-15-11-18)25(30-29-24)20-12-16-32(17-13-20)26(33)31-36(34,35)22-4-2-1-3-5-22/h1-11,14-15,20H,12-13,16-17H2,(H,29,30)(H,31,33)/p-1. The van der Waals surface area contributed by atoms with Gasteiger partial charge in [0.2, 0.25) is 0 Å². The number of nitrogens with zero attached hydrogens (tertiary/aromatic N) is 4. The van der Waals surface area contributed by atoms with Crippen molar-refractivity contribution >= 4 is 16.0 Å². The summed E-state index contributed by atoms with van der Waals surface area (Å²) < 4.78 is 42.0. The van der Waals surface area contributed by atoms with E-state index in [9.17, 15) is 17.9 Å². The zero-order valence-corrected chi connectivity index (χ0v) is 20.0. The van der Waals surface area contributed by atoms with Crippen LogP contribution in [0.15, 0.2) is 88.4 Å². The third-order valence-corrected chi connectivity index (χ3v) is 7.56. The summed E-state index contributed by atoms with van der Waals surface area (Å²) in [5.74, 6) is -0.263. The molecular formula is C26H23FN5O3S-. The summed E-state index contributed by atoms with van der Waals surface area (Å²) >= 11 is 0. The molecule has 2 aromatic heterocycles. The third-order valence-electron chi connectivity index (χ3n) is 6.29. The summed E-state index contributed by atoms with van der Waals surface area (Å²) in [6.07, 6.45) is 4.62. The molecule has 36 heavy (non-hydrogen) atoms. The first-order valence-electron chi connectivity index (χ1n) is 11.5. The van der Waals surface area contributed by atoms with Gasteiger partial charge in [0.05, 0.1) is 10.9 Å². The minimum Gasteiger partial charge on any atom is -0.845 e. The van der Waals surface area contributed by atoms with E-state index in [4.69, 9.17) is 0 Å². The molecule has 8 nitrogen and oxygen atoms in total. The summed E-state index contributed by atoms with van der Waals surface area (Å²) in [6.45, 7) is 0.718. The van der Waals surface area contributed by atoms with Crippen molar-refractivity contribution in [2.75, 3.05) is 13.1 Å². The Hall–Kier alpha value is -4.05. The average molecular weight is 505 g/mol. The van der Waals surface area contributed by atoms with Crippen molar-refractivity contribution in [2.24, 2.45) is 4.40 Å². The van der Waals surface area contributed by atoms with E-state index in [1.807, 2.05) is 12.1 Å². The van der Waals surface area contributed by atoms with Gasteiger partial charge < -0.3 is 10.0 Å². The zero-order chi connectivity index (χ0) is 25.1. The average Bonchev–Trinajstić information content (AvgIpc) is 3.35. The van der Waals surface area contributed by atoms with Gasteiger partial charge in [-0.25, -0.2) is 4.39 Å². The highest BCUT2D eigenvalue weighted by Gasteiger charge is 2.27. The second kappa shape index (κ2) is 9.90. The lowest BCUT2D eigenvalue weighted by molar-refractivity contribution is -0.235. The van der Waals surface area contributed by atoms with Crippen LogP contribution in [0.3, 0.4) is 0 Å². The molecule has 0 saturated carbocycles. The van der Waals surface area contributed by atoms with E-state index in [2.05, 4.69) is 19.6 Å². The Morgan fingerprint density at radius 2 is 1.64 bits per heavy atom. The van der Waals surface area contributed by atoms with Gasteiger partial charge in [0.15, 0.2) is 0 Å². The molecule has 4 aromatic rings. The van der Waals surface area contributed by atoms with E-state index in [0.717, 1.165) is 22.4 Å². The largest absolute Gasteiger partial charge is 0.845 e. The Balaban J connectivity index is 1.39. The summed E-state index contributed by atoms with van der Waals surface area (Å²) in [5, 5.41) is 20.4. The molecule has 0 amide bonds. The lowest BCUT2D eigenvalue weighted by atomic mass is 9.88. The van der Waals surface area contributed by atoms with Crippen molar-refractivity contribution in [3.05, 3.63) is 90.6 Å². The van der Waals surface area contributed by atoms with Crippen LogP contribution in [0.5, 0.6) is 0 Å². The topological polar surface area (TPSA) is 114 Å². The van der Waals surface area contributed by atoms with E-state index in [0.29, 0.717) is 31.6 Å². The normalized spacial score (nSPS) is 15.2. The van der Waals surface area contributed by atoms with Crippen LogP contribution in [0.1, 0.15) is 24.5 Å². The lowest BCUT2D eigenvalue weighted by Gasteiger charge is -2.36. The Morgan fingerprint density at radius 3 is 2.31 bits per heavy atom. The molecule has 0 unspecified atom stereocenters. The van der Waals surface area contributed by atoms with Gasteiger partial charge >= 0.3 is 0 Å². The first kappa shape index (κ1) is 23.7. The van der Waals surface area contributed by atoms with E-state index >= 15 is 0 Å². The van der Waals surface area contributed by atoms with Crippen LogP contribution in [0.25, 0.3) is 22.4 Å². The van der Waals surface area contributed by atoms with Gasteiger partial charge in [0, 0.05) is 48.2 Å². The van der Waals surface area contributed by atoms with Gasteiger partial charge in [-0.05, 0) is 66.9 Å². The van der Waals surface area contributed by atoms with Crippen molar-refractivity contribution in [1.29, 1.82) is 0 Å². The van der Waals surface area contributed by atoms with Crippen molar-refractivity contribution in [3.63, 3.8) is 0 Å². The Bertz CT molecular complexity index is 1470. The van der Waals surface area contributed by atoms with Crippen molar-refractivity contribution in [3.8, 4) is 22.4 Å². The quantitative estimate of drug-likeness (QED) is 0.328. The second-order valence-electron chi connectivity index (χ2n) is 8.53. The summed E-state index contributed by atoms with van der Waals surface area (Å²) in [7, 11) is -4.06. The molecule has 1 fully saturated rings. The van der Waals surface area contributed by atoms with Gasteiger partial charge in [-0.3, -0.25) is 10.1 Å². The number of rotatable bonds is 5. The van der Waals surface area contributed by atoms with E-state index in [1.165, 1.54) is 29.2 Å². The van der Waals surface area contributed by atoms with Crippen molar-refractivity contribution in [2.45, 2.75) is 23.7 Å². The van der Waals surface area contributed by atoms with Gasteiger partial charge in [-0.1, -0.05) is 18.2 Å². The number of H-pyrrole nitrogens is 1. The molecule has 1 aliphatic heterocycles. The minimum atomic E-state index is -4.06. The van der Waals surface area contributed by atoms with Crippen LogP contribution in [-0.4, -0.2) is 47.6 Å². The van der Waals surface area contributed by atoms with Crippen LogP contribution in [0.4, 0.5) is 4.39 Å². The highest BCUT2D eigenvalue weighted by molar-refractivity contribution is 7.90. The molecule has 1 aliphatic rings. The Labute approximate surface area is 208 Å². The van der Waals surface area contributed by atoms with Crippen LogP contribution >= 0.6 is 0 Å².